The number of rotatable bonds is 7. The van der Waals surface area contributed by atoms with Crippen LogP contribution in [-0.2, 0) is 4.79 Å². The predicted octanol–water partition coefficient (Wildman–Crippen LogP) is 0.138. The molecule has 0 fully saturated rings. The molecule has 0 aliphatic carbocycles. The van der Waals surface area contributed by atoms with E-state index < -0.39 is 0 Å². The summed E-state index contributed by atoms with van der Waals surface area (Å²) >= 11 is 0. The van der Waals surface area contributed by atoms with E-state index in [2.05, 4.69) is 10.6 Å². The Morgan fingerprint density at radius 1 is 1.56 bits per heavy atom. The molecule has 3 N–H and O–H groups in total. The first-order valence-electron chi connectivity index (χ1n) is 5.34. The lowest BCUT2D eigenvalue weighted by molar-refractivity contribution is -0.117. The van der Waals surface area contributed by atoms with Gasteiger partial charge in [0.05, 0.1) is 0 Å². The standard InChI is InChI=1S/C11H19N3O2/c1-9(2)7-14-11(16)10(6-12)8-13-4-3-5-15/h8-9,13,15H,3-5,7H2,1-2H3,(H,14,16)/b10-8-. The minimum atomic E-state index is -0.368. The van der Waals surface area contributed by atoms with Crippen LogP contribution in [0.2, 0.25) is 0 Å². The van der Waals surface area contributed by atoms with Crippen molar-refractivity contribution in [1.29, 1.82) is 5.26 Å². The van der Waals surface area contributed by atoms with Gasteiger partial charge in [0.15, 0.2) is 0 Å². The molecule has 5 nitrogen and oxygen atoms in total. The summed E-state index contributed by atoms with van der Waals surface area (Å²) in [7, 11) is 0. The third-order valence-corrected chi connectivity index (χ3v) is 1.76. The quantitative estimate of drug-likeness (QED) is 0.327. The second-order valence-electron chi connectivity index (χ2n) is 3.80. The van der Waals surface area contributed by atoms with Gasteiger partial charge in [0.25, 0.3) is 5.91 Å². The van der Waals surface area contributed by atoms with Crippen molar-refractivity contribution >= 4 is 5.91 Å². The van der Waals surface area contributed by atoms with E-state index in [0.29, 0.717) is 25.4 Å². The Hall–Kier alpha value is -1.54. The minimum absolute atomic E-state index is 0.0542. The SMILES string of the molecule is CC(C)CNC(=O)/C(C#N)=C\NCCCO. The minimum Gasteiger partial charge on any atom is -0.396 e. The molecule has 0 aliphatic rings. The summed E-state index contributed by atoms with van der Waals surface area (Å²) in [6.45, 7) is 5.14. The van der Waals surface area contributed by atoms with E-state index in [-0.39, 0.29) is 18.1 Å². The molecule has 0 saturated heterocycles. The number of carbonyl (C=O) groups is 1. The summed E-state index contributed by atoms with van der Waals surface area (Å²) in [6.07, 6.45) is 1.97. The number of nitriles is 1. The van der Waals surface area contributed by atoms with Crippen molar-refractivity contribution < 1.29 is 9.90 Å². The Labute approximate surface area is 96.1 Å². The van der Waals surface area contributed by atoms with Crippen molar-refractivity contribution in [3.63, 3.8) is 0 Å². The molecule has 1 amide bonds. The van der Waals surface area contributed by atoms with Crippen LogP contribution < -0.4 is 10.6 Å². The fourth-order valence-corrected chi connectivity index (χ4v) is 0.896. The van der Waals surface area contributed by atoms with Gasteiger partial charge < -0.3 is 15.7 Å². The molecule has 0 atom stereocenters. The predicted molar refractivity (Wildman–Crippen MR) is 61.2 cm³/mol. The number of aliphatic hydroxyl groups is 1. The first kappa shape index (κ1) is 14.5. The summed E-state index contributed by atoms with van der Waals surface area (Å²) in [6, 6.07) is 1.83. The molecule has 0 rings (SSSR count). The Kier molecular flexibility index (Phi) is 7.90. The Balaban J connectivity index is 4.06. The van der Waals surface area contributed by atoms with E-state index in [4.69, 9.17) is 10.4 Å². The van der Waals surface area contributed by atoms with Crippen molar-refractivity contribution in [2.45, 2.75) is 20.3 Å². The van der Waals surface area contributed by atoms with Crippen molar-refractivity contribution in [2.24, 2.45) is 5.92 Å². The van der Waals surface area contributed by atoms with Crippen molar-refractivity contribution in [2.75, 3.05) is 19.7 Å². The maximum absolute atomic E-state index is 11.5. The van der Waals surface area contributed by atoms with Gasteiger partial charge >= 0.3 is 0 Å². The van der Waals surface area contributed by atoms with Crippen molar-refractivity contribution in [3.8, 4) is 6.07 Å². The highest BCUT2D eigenvalue weighted by Gasteiger charge is 2.08. The van der Waals surface area contributed by atoms with Crippen LogP contribution in [0.5, 0.6) is 0 Å². The smallest absolute Gasteiger partial charge is 0.263 e. The third kappa shape index (κ3) is 6.85. The molecule has 0 aromatic heterocycles. The molecule has 0 aromatic carbocycles. The van der Waals surface area contributed by atoms with Crippen LogP contribution in [-0.4, -0.2) is 30.7 Å². The van der Waals surface area contributed by atoms with Crippen LogP contribution in [0.1, 0.15) is 20.3 Å². The monoisotopic (exact) mass is 225 g/mol. The number of aliphatic hydroxyl groups excluding tert-OH is 1. The van der Waals surface area contributed by atoms with Crippen LogP contribution >= 0.6 is 0 Å². The maximum Gasteiger partial charge on any atom is 0.263 e. The van der Waals surface area contributed by atoms with Gasteiger partial charge in [-0.05, 0) is 12.3 Å². The summed E-state index contributed by atoms with van der Waals surface area (Å²) in [5.41, 5.74) is 0.0542. The Bertz CT molecular complexity index is 279. The van der Waals surface area contributed by atoms with Crippen molar-refractivity contribution in [1.82, 2.24) is 10.6 Å². The van der Waals surface area contributed by atoms with Crippen LogP contribution in [0.15, 0.2) is 11.8 Å². The van der Waals surface area contributed by atoms with E-state index in [1.54, 1.807) is 0 Å². The van der Waals surface area contributed by atoms with E-state index >= 15 is 0 Å². The molecule has 0 bridgehead atoms. The summed E-state index contributed by atoms with van der Waals surface area (Å²) in [4.78, 5) is 11.5. The Morgan fingerprint density at radius 2 is 2.25 bits per heavy atom. The number of carbonyl (C=O) groups excluding carboxylic acids is 1. The fraction of sp³-hybridized carbons (Fsp3) is 0.636. The molecule has 0 radical (unpaired) electrons. The molecule has 0 unspecified atom stereocenters. The molecule has 0 aliphatic heterocycles. The van der Waals surface area contributed by atoms with Gasteiger partial charge in [-0.1, -0.05) is 13.8 Å². The zero-order chi connectivity index (χ0) is 12.4. The van der Waals surface area contributed by atoms with Gasteiger partial charge in [0.2, 0.25) is 0 Å². The summed E-state index contributed by atoms with van der Waals surface area (Å²) < 4.78 is 0. The highest BCUT2D eigenvalue weighted by molar-refractivity contribution is 5.97. The van der Waals surface area contributed by atoms with Crippen LogP contribution in [0, 0.1) is 17.2 Å². The second kappa shape index (κ2) is 8.74. The summed E-state index contributed by atoms with van der Waals surface area (Å²) in [5.74, 6) is -0.0149. The molecule has 0 heterocycles. The van der Waals surface area contributed by atoms with Crippen LogP contribution in [0.3, 0.4) is 0 Å². The van der Waals surface area contributed by atoms with Gasteiger partial charge in [0.1, 0.15) is 11.6 Å². The number of nitrogens with zero attached hydrogens (tertiary/aromatic N) is 1. The molecule has 16 heavy (non-hydrogen) atoms. The zero-order valence-electron chi connectivity index (χ0n) is 9.79. The molecular weight excluding hydrogens is 206 g/mol. The van der Waals surface area contributed by atoms with Crippen LogP contribution in [0.4, 0.5) is 0 Å². The average molecular weight is 225 g/mol. The third-order valence-electron chi connectivity index (χ3n) is 1.76. The average Bonchev–Trinajstić information content (AvgIpc) is 2.26. The number of amides is 1. The first-order chi connectivity index (χ1) is 7.61. The van der Waals surface area contributed by atoms with Gasteiger partial charge in [0, 0.05) is 25.9 Å². The lowest BCUT2D eigenvalue weighted by atomic mass is 10.2. The van der Waals surface area contributed by atoms with Gasteiger partial charge in [-0.2, -0.15) is 5.26 Å². The second-order valence-corrected chi connectivity index (χ2v) is 3.80. The highest BCUT2D eigenvalue weighted by atomic mass is 16.3. The molecular formula is C11H19N3O2. The topological polar surface area (TPSA) is 85.2 Å². The molecule has 5 heteroatoms. The highest BCUT2D eigenvalue weighted by Crippen LogP contribution is 1.93. The maximum atomic E-state index is 11.5. The zero-order valence-corrected chi connectivity index (χ0v) is 9.79. The van der Waals surface area contributed by atoms with Crippen LogP contribution in [0.25, 0.3) is 0 Å². The van der Waals surface area contributed by atoms with Gasteiger partial charge in [-0.3, -0.25) is 4.79 Å². The fourth-order valence-electron chi connectivity index (χ4n) is 0.896. The van der Waals surface area contributed by atoms with Gasteiger partial charge in [-0.25, -0.2) is 0 Å². The molecule has 90 valence electrons. The largest absolute Gasteiger partial charge is 0.396 e. The molecule has 0 aromatic rings. The lowest BCUT2D eigenvalue weighted by Gasteiger charge is -2.06. The lowest BCUT2D eigenvalue weighted by Crippen LogP contribution is -2.29. The van der Waals surface area contributed by atoms with E-state index in [0.717, 1.165) is 0 Å². The summed E-state index contributed by atoms with van der Waals surface area (Å²) in [5, 5.41) is 22.7. The number of hydrogen-bond donors (Lipinski definition) is 3. The van der Waals surface area contributed by atoms with E-state index in [1.165, 1.54) is 6.20 Å². The first-order valence-corrected chi connectivity index (χ1v) is 5.34. The molecule has 0 saturated carbocycles. The molecule has 0 spiro atoms. The van der Waals surface area contributed by atoms with Gasteiger partial charge in [-0.15, -0.1) is 0 Å². The van der Waals surface area contributed by atoms with Crippen molar-refractivity contribution in [3.05, 3.63) is 11.8 Å². The van der Waals surface area contributed by atoms with E-state index in [9.17, 15) is 4.79 Å². The van der Waals surface area contributed by atoms with E-state index in [1.807, 2.05) is 19.9 Å². The number of nitrogens with one attached hydrogen (secondary N) is 2. The normalized spacial score (nSPS) is 11.1. The Morgan fingerprint density at radius 3 is 2.75 bits per heavy atom. The number of hydrogen-bond acceptors (Lipinski definition) is 4.